The second kappa shape index (κ2) is 7.98. The van der Waals surface area contributed by atoms with Gasteiger partial charge >= 0.3 is 5.97 Å². The van der Waals surface area contributed by atoms with Crippen molar-refractivity contribution in [3.8, 4) is 0 Å². The molecule has 0 unspecified atom stereocenters. The summed E-state index contributed by atoms with van der Waals surface area (Å²) in [5.74, 6) is -1.36. The Labute approximate surface area is 162 Å². The summed E-state index contributed by atoms with van der Waals surface area (Å²) in [6.45, 7) is 9.53. The van der Waals surface area contributed by atoms with Crippen LogP contribution in [0.15, 0.2) is 0 Å². The summed E-state index contributed by atoms with van der Waals surface area (Å²) in [5.41, 5.74) is 4.85. The Bertz CT molecular complexity index is 685. The van der Waals surface area contributed by atoms with Gasteiger partial charge in [0.05, 0.1) is 10.7 Å². The summed E-state index contributed by atoms with van der Waals surface area (Å²) in [6.07, 6.45) is 0.746. The molecule has 25 heavy (non-hydrogen) atoms. The SMILES string of the molecule is CC(C)(C)CC(C)(C)NC(=O)COC(=O)c1nc(Cl)c(Cl)c(N)c1Cl. The summed E-state index contributed by atoms with van der Waals surface area (Å²) in [7, 11) is 0. The van der Waals surface area contributed by atoms with Crippen LogP contribution in [0.5, 0.6) is 0 Å². The van der Waals surface area contributed by atoms with E-state index < -0.39 is 24.0 Å². The molecule has 140 valence electrons. The molecule has 0 aliphatic carbocycles. The highest BCUT2D eigenvalue weighted by Gasteiger charge is 2.28. The molecule has 1 aromatic heterocycles. The molecule has 0 aliphatic rings. The minimum atomic E-state index is -0.918. The number of nitrogen functional groups attached to an aromatic ring is 1. The molecule has 0 aliphatic heterocycles. The van der Waals surface area contributed by atoms with Gasteiger partial charge in [0, 0.05) is 5.54 Å². The number of esters is 1. The van der Waals surface area contributed by atoms with Gasteiger partial charge in [0.15, 0.2) is 17.5 Å². The number of rotatable bonds is 5. The van der Waals surface area contributed by atoms with Gasteiger partial charge in [-0.25, -0.2) is 9.78 Å². The van der Waals surface area contributed by atoms with Crippen LogP contribution in [-0.4, -0.2) is 29.0 Å². The maximum absolute atomic E-state index is 12.1. The second-order valence-electron chi connectivity index (χ2n) is 7.54. The van der Waals surface area contributed by atoms with Crippen molar-refractivity contribution in [1.82, 2.24) is 10.3 Å². The average Bonchev–Trinajstić information content (AvgIpc) is 2.43. The Hall–Kier alpha value is -1.24. The second-order valence-corrected chi connectivity index (χ2v) is 8.65. The van der Waals surface area contributed by atoms with Gasteiger partial charge in [0.2, 0.25) is 0 Å². The Morgan fingerprint density at radius 3 is 2.20 bits per heavy atom. The molecule has 1 amide bonds. The predicted molar refractivity (Wildman–Crippen MR) is 100 cm³/mol. The van der Waals surface area contributed by atoms with Crippen molar-refractivity contribution in [1.29, 1.82) is 0 Å². The Kier molecular flexibility index (Phi) is 6.95. The van der Waals surface area contributed by atoms with Crippen molar-refractivity contribution in [2.75, 3.05) is 12.3 Å². The number of anilines is 1. The molecule has 0 bridgehead atoms. The molecule has 6 nitrogen and oxygen atoms in total. The van der Waals surface area contributed by atoms with Crippen molar-refractivity contribution in [2.24, 2.45) is 5.41 Å². The average molecular weight is 411 g/mol. The molecule has 1 heterocycles. The minimum absolute atomic E-state index is 0.0302. The standard InChI is InChI=1S/C16H22Cl3N3O3/c1-15(2,3)7-16(4,5)22-8(23)6-25-14(24)12-9(17)11(20)10(18)13(19)21-12/h6-7H2,1-5H3,(H2,20,21)(H,22,23). The summed E-state index contributed by atoms with van der Waals surface area (Å²) in [4.78, 5) is 27.9. The molecule has 1 rings (SSSR count). The number of hydrogen-bond acceptors (Lipinski definition) is 5. The van der Waals surface area contributed by atoms with Crippen LogP contribution in [0.25, 0.3) is 0 Å². The van der Waals surface area contributed by atoms with Gasteiger partial charge in [0.1, 0.15) is 5.02 Å². The Morgan fingerprint density at radius 1 is 1.12 bits per heavy atom. The number of amides is 1. The van der Waals surface area contributed by atoms with E-state index in [1.165, 1.54) is 0 Å². The van der Waals surface area contributed by atoms with Crippen molar-refractivity contribution >= 4 is 52.4 Å². The van der Waals surface area contributed by atoms with Crippen LogP contribution in [0.1, 0.15) is 51.5 Å². The number of halogens is 3. The van der Waals surface area contributed by atoms with Crippen LogP contribution in [0, 0.1) is 5.41 Å². The van der Waals surface area contributed by atoms with Gasteiger partial charge in [-0.2, -0.15) is 0 Å². The smallest absolute Gasteiger partial charge is 0.359 e. The predicted octanol–water partition coefficient (Wildman–Crippen LogP) is 4.11. The number of ether oxygens (including phenoxy) is 1. The van der Waals surface area contributed by atoms with Gasteiger partial charge in [-0.1, -0.05) is 55.6 Å². The summed E-state index contributed by atoms with van der Waals surface area (Å²) in [5, 5.41) is 2.43. The molecule has 0 saturated carbocycles. The van der Waals surface area contributed by atoms with E-state index >= 15 is 0 Å². The lowest BCUT2D eigenvalue weighted by Crippen LogP contribution is -2.47. The molecular formula is C16H22Cl3N3O3. The van der Waals surface area contributed by atoms with Gasteiger partial charge in [-0.05, 0) is 25.7 Å². The fourth-order valence-electron chi connectivity index (χ4n) is 2.65. The molecule has 1 aromatic rings. The number of hydrogen-bond donors (Lipinski definition) is 2. The molecule has 0 fully saturated rings. The van der Waals surface area contributed by atoms with E-state index in [1.54, 1.807) is 0 Å². The first-order valence-corrected chi connectivity index (χ1v) is 8.65. The quantitative estimate of drug-likeness (QED) is 0.562. The number of nitrogens with two attached hydrogens (primary N) is 1. The third kappa shape index (κ3) is 6.53. The highest BCUT2D eigenvalue weighted by molar-refractivity contribution is 6.46. The van der Waals surface area contributed by atoms with Crippen LogP contribution >= 0.6 is 34.8 Å². The molecule has 0 atom stereocenters. The fraction of sp³-hybridized carbons (Fsp3) is 0.562. The monoisotopic (exact) mass is 409 g/mol. The first kappa shape index (κ1) is 21.8. The van der Waals surface area contributed by atoms with Gasteiger partial charge in [-0.15, -0.1) is 0 Å². The van der Waals surface area contributed by atoms with Crippen LogP contribution in [0.2, 0.25) is 15.2 Å². The largest absolute Gasteiger partial charge is 0.451 e. The van der Waals surface area contributed by atoms with Crippen molar-refractivity contribution in [3.63, 3.8) is 0 Å². The van der Waals surface area contributed by atoms with Gasteiger partial charge in [-0.3, -0.25) is 4.79 Å². The number of nitrogens with zero attached hydrogens (tertiary/aromatic N) is 1. The van der Waals surface area contributed by atoms with E-state index in [0.29, 0.717) is 0 Å². The first-order chi connectivity index (χ1) is 11.2. The number of nitrogens with one attached hydrogen (secondary N) is 1. The lowest BCUT2D eigenvalue weighted by Gasteiger charge is -2.33. The molecule has 9 heteroatoms. The van der Waals surface area contributed by atoms with E-state index in [2.05, 4.69) is 31.1 Å². The van der Waals surface area contributed by atoms with Crippen molar-refractivity contribution in [3.05, 3.63) is 20.9 Å². The van der Waals surface area contributed by atoms with E-state index in [-0.39, 0.29) is 32.0 Å². The highest BCUT2D eigenvalue weighted by atomic mass is 35.5. The van der Waals surface area contributed by atoms with Gasteiger partial charge < -0.3 is 15.8 Å². The topological polar surface area (TPSA) is 94.3 Å². The number of pyridine rings is 1. The van der Waals surface area contributed by atoms with E-state index in [9.17, 15) is 9.59 Å². The number of aromatic nitrogens is 1. The lowest BCUT2D eigenvalue weighted by molar-refractivity contribution is -0.126. The fourth-order valence-corrected chi connectivity index (χ4v) is 3.23. The van der Waals surface area contributed by atoms with E-state index in [4.69, 9.17) is 45.3 Å². The van der Waals surface area contributed by atoms with Crippen molar-refractivity contribution < 1.29 is 14.3 Å². The zero-order valence-electron chi connectivity index (χ0n) is 14.8. The highest BCUT2D eigenvalue weighted by Crippen LogP contribution is 2.34. The third-order valence-electron chi connectivity index (χ3n) is 3.05. The maximum atomic E-state index is 12.1. The molecule has 0 aromatic carbocycles. The van der Waals surface area contributed by atoms with Crippen LogP contribution < -0.4 is 11.1 Å². The van der Waals surface area contributed by atoms with Crippen LogP contribution in [0.4, 0.5) is 5.69 Å². The molecule has 0 radical (unpaired) electrons. The van der Waals surface area contributed by atoms with Crippen LogP contribution in [0.3, 0.4) is 0 Å². The van der Waals surface area contributed by atoms with Crippen molar-refractivity contribution in [2.45, 2.75) is 46.6 Å². The molecule has 0 spiro atoms. The molecule has 3 N–H and O–H groups in total. The third-order valence-corrected chi connectivity index (χ3v) is 4.19. The lowest BCUT2D eigenvalue weighted by atomic mass is 9.82. The summed E-state index contributed by atoms with van der Waals surface area (Å²) in [6, 6.07) is 0. The molecule has 0 saturated heterocycles. The molecular weight excluding hydrogens is 389 g/mol. The minimum Gasteiger partial charge on any atom is -0.451 e. The number of carbonyl (C=O) groups is 2. The van der Waals surface area contributed by atoms with E-state index in [0.717, 1.165) is 6.42 Å². The van der Waals surface area contributed by atoms with Gasteiger partial charge in [0.25, 0.3) is 5.91 Å². The van der Waals surface area contributed by atoms with Crippen LogP contribution in [-0.2, 0) is 9.53 Å². The normalized spacial score (nSPS) is 12.0. The first-order valence-electron chi connectivity index (χ1n) is 7.51. The summed E-state index contributed by atoms with van der Waals surface area (Å²) >= 11 is 17.5. The summed E-state index contributed by atoms with van der Waals surface area (Å²) < 4.78 is 4.94. The Balaban J connectivity index is 2.73. The Morgan fingerprint density at radius 2 is 1.68 bits per heavy atom. The zero-order valence-corrected chi connectivity index (χ0v) is 17.1. The zero-order chi connectivity index (χ0) is 19.6. The number of carbonyl (C=O) groups excluding carboxylic acids is 2. The van der Waals surface area contributed by atoms with E-state index in [1.807, 2.05) is 13.8 Å². The maximum Gasteiger partial charge on any atom is 0.359 e.